The molecule has 0 radical (unpaired) electrons. The number of nitrogens with zero attached hydrogens (tertiary/aromatic N) is 5. The Morgan fingerprint density at radius 3 is 2.78 bits per heavy atom. The highest BCUT2D eigenvalue weighted by Gasteiger charge is 2.44. The Morgan fingerprint density at radius 2 is 2.00 bits per heavy atom. The molecule has 2 aliphatic heterocycles. The number of nitriles is 1. The van der Waals surface area contributed by atoms with Gasteiger partial charge in [0.2, 0.25) is 5.95 Å². The molecule has 2 N–H and O–H groups in total. The summed E-state index contributed by atoms with van der Waals surface area (Å²) < 4.78 is 38.9. The van der Waals surface area contributed by atoms with Gasteiger partial charge in [-0.25, -0.2) is 4.98 Å². The molecular formula is C27H27F3N6S. The van der Waals surface area contributed by atoms with Crippen molar-refractivity contribution in [3.8, 4) is 6.07 Å². The molecule has 2 fully saturated rings. The van der Waals surface area contributed by atoms with Gasteiger partial charge in [0, 0.05) is 48.5 Å². The summed E-state index contributed by atoms with van der Waals surface area (Å²) in [5.41, 5.74) is 11.9. The summed E-state index contributed by atoms with van der Waals surface area (Å²) in [5, 5.41) is 9.94. The second kappa shape index (κ2) is 8.71. The van der Waals surface area contributed by atoms with Crippen molar-refractivity contribution in [1.29, 1.82) is 5.26 Å². The second-order valence-corrected chi connectivity index (χ2v) is 11.8. The van der Waals surface area contributed by atoms with Crippen molar-refractivity contribution in [2.45, 2.75) is 45.3 Å². The molecule has 2 aromatic heterocycles. The molecule has 37 heavy (non-hydrogen) atoms. The first kappa shape index (κ1) is 24.2. The van der Waals surface area contributed by atoms with E-state index in [1.165, 1.54) is 22.3 Å². The van der Waals surface area contributed by atoms with E-state index in [1.807, 2.05) is 6.08 Å². The normalized spacial score (nSPS) is 21.7. The van der Waals surface area contributed by atoms with Crippen LogP contribution in [-0.4, -0.2) is 47.2 Å². The first-order valence-electron chi connectivity index (χ1n) is 12.4. The summed E-state index contributed by atoms with van der Waals surface area (Å²) in [4.78, 5) is 14.1. The van der Waals surface area contributed by atoms with Crippen LogP contribution in [0.4, 0.5) is 24.9 Å². The third-order valence-electron chi connectivity index (χ3n) is 8.03. The Hall–Kier alpha value is -3.16. The van der Waals surface area contributed by atoms with Gasteiger partial charge >= 0.3 is 6.18 Å². The van der Waals surface area contributed by atoms with Crippen molar-refractivity contribution in [1.82, 2.24) is 14.9 Å². The van der Waals surface area contributed by atoms with Gasteiger partial charge in [0.05, 0.1) is 17.9 Å². The topological polar surface area (TPSA) is 82.1 Å². The van der Waals surface area contributed by atoms with Gasteiger partial charge in [-0.2, -0.15) is 23.4 Å². The first-order chi connectivity index (χ1) is 17.6. The van der Waals surface area contributed by atoms with E-state index in [0.717, 1.165) is 68.9 Å². The standard InChI is InChI=1S/C27H27F3N6S/c1-16-19(3-2-18-8-17(12-31)9-21(16)18)13-35-6-4-26(14-35)5-7-36(15-26)23-22-10-20(11-27(28,29)30)37-24(22)34-25(32)33-23/h2-3,9-10H,4-8,11,13-15H2,1H3,(H2,32,33,34). The van der Waals surface area contributed by atoms with Crippen molar-refractivity contribution in [3.05, 3.63) is 50.9 Å². The third-order valence-corrected chi connectivity index (χ3v) is 9.05. The number of alkyl halides is 3. The lowest BCUT2D eigenvalue weighted by Crippen LogP contribution is -2.31. The molecule has 1 spiro atoms. The lowest BCUT2D eigenvalue weighted by Gasteiger charge is -2.26. The van der Waals surface area contributed by atoms with E-state index in [0.29, 0.717) is 16.0 Å². The van der Waals surface area contributed by atoms with Gasteiger partial charge in [-0.15, -0.1) is 11.3 Å². The van der Waals surface area contributed by atoms with Crippen LogP contribution in [0.1, 0.15) is 40.0 Å². The Balaban J connectivity index is 1.19. The number of rotatable bonds is 4. The maximum absolute atomic E-state index is 13.0. The summed E-state index contributed by atoms with van der Waals surface area (Å²) in [6, 6.07) is 8.22. The predicted molar refractivity (Wildman–Crippen MR) is 139 cm³/mol. The van der Waals surface area contributed by atoms with Gasteiger partial charge in [-0.1, -0.05) is 12.1 Å². The van der Waals surface area contributed by atoms with Crippen molar-refractivity contribution >= 4 is 39.4 Å². The van der Waals surface area contributed by atoms with Crippen LogP contribution in [0.15, 0.2) is 23.8 Å². The number of nitrogens with two attached hydrogens (primary N) is 1. The van der Waals surface area contributed by atoms with Crippen molar-refractivity contribution in [2.75, 3.05) is 36.8 Å². The number of likely N-dealkylation sites (tertiary alicyclic amines) is 1. The molecule has 192 valence electrons. The van der Waals surface area contributed by atoms with E-state index in [9.17, 15) is 18.4 Å². The van der Waals surface area contributed by atoms with E-state index in [2.05, 4.69) is 44.9 Å². The molecule has 0 bridgehead atoms. The molecule has 1 unspecified atom stereocenters. The average Bonchev–Trinajstić information content (AvgIpc) is 3.60. The highest BCUT2D eigenvalue weighted by atomic mass is 32.1. The number of hydrogen-bond acceptors (Lipinski definition) is 7. The van der Waals surface area contributed by atoms with Gasteiger partial charge in [0.1, 0.15) is 10.6 Å². The van der Waals surface area contributed by atoms with Gasteiger partial charge in [-0.3, -0.25) is 4.90 Å². The molecular weight excluding hydrogens is 497 g/mol. The number of anilines is 2. The van der Waals surface area contributed by atoms with Crippen molar-refractivity contribution < 1.29 is 13.2 Å². The first-order valence-corrected chi connectivity index (χ1v) is 13.3. The maximum atomic E-state index is 13.0. The summed E-state index contributed by atoms with van der Waals surface area (Å²) >= 11 is 1.04. The smallest absolute Gasteiger partial charge is 0.368 e. The number of halogens is 3. The highest BCUT2D eigenvalue weighted by molar-refractivity contribution is 7.18. The fraction of sp³-hybridized carbons (Fsp3) is 0.444. The fourth-order valence-electron chi connectivity index (χ4n) is 6.21. The zero-order valence-corrected chi connectivity index (χ0v) is 21.3. The quantitative estimate of drug-likeness (QED) is 0.502. The van der Waals surface area contributed by atoms with Crippen LogP contribution >= 0.6 is 11.3 Å². The molecule has 10 heteroatoms. The molecule has 0 saturated carbocycles. The minimum absolute atomic E-state index is 0.0950. The van der Waals surface area contributed by atoms with Crippen LogP contribution < -0.4 is 10.6 Å². The Morgan fingerprint density at radius 1 is 1.19 bits per heavy atom. The Kier molecular flexibility index (Phi) is 5.69. The molecule has 4 heterocycles. The van der Waals surface area contributed by atoms with Crippen LogP contribution in [0.25, 0.3) is 16.3 Å². The summed E-state index contributed by atoms with van der Waals surface area (Å²) in [7, 11) is 0. The predicted octanol–water partition coefficient (Wildman–Crippen LogP) is 5.25. The molecule has 6 nitrogen and oxygen atoms in total. The molecule has 3 aromatic rings. The summed E-state index contributed by atoms with van der Waals surface area (Å²) in [6.45, 7) is 6.57. The molecule has 2 saturated heterocycles. The summed E-state index contributed by atoms with van der Waals surface area (Å²) in [5.74, 6) is 0.745. The van der Waals surface area contributed by atoms with Gasteiger partial charge < -0.3 is 10.6 Å². The van der Waals surface area contributed by atoms with Gasteiger partial charge in [0.25, 0.3) is 0 Å². The van der Waals surface area contributed by atoms with E-state index < -0.39 is 12.6 Å². The SMILES string of the molecule is Cc1c(CN2CCC3(CCN(c4nc(N)nc5sc(CC(F)(F)F)cc45)C3)C2)ccc2c1C=C(C#N)C2. The molecule has 6 rings (SSSR count). The van der Waals surface area contributed by atoms with Crippen LogP contribution in [0.5, 0.6) is 0 Å². The maximum Gasteiger partial charge on any atom is 0.393 e. The van der Waals surface area contributed by atoms with Crippen LogP contribution in [0, 0.1) is 23.7 Å². The number of thiophene rings is 1. The number of nitrogen functional groups attached to an aromatic ring is 1. The molecule has 1 atom stereocenters. The fourth-order valence-corrected chi connectivity index (χ4v) is 7.27. The highest BCUT2D eigenvalue weighted by Crippen LogP contribution is 2.44. The minimum Gasteiger partial charge on any atom is -0.368 e. The molecule has 1 aliphatic carbocycles. The Labute approximate surface area is 217 Å². The Bertz CT molecular complexity index is 1470. The largest absolute Gasteiger partial charge is 0.393 e. The lowest BCUT2D eigenvalue weighted by molar-refractivity contribution is -0.126. The number of allylic oxidation sites excluding steroid dienone is 1. The number of aromatic nitrogens is 2. The van der Waals surface area contributed by atoms with Crippen LogP contribution in [0.3, 0.4) is 0 Å². The number of hydrogen-bond donors (Lipinski definition) is 1. The van der Waals surface area contributed by atoms with E-state index in [-0.39, 0.29) is 16.2 Å². The lowest BCUT2D eigenvalue weighted by atomic mass is 9.86. The summed E-state index contributed by atoms with van der Waals surface area (Å²) in [6.07, 6.45) is -0.422. The van der Waals surface area contributed by atoms with E-state index >= 15 is 0 Å². The van der Waals surface area contributed by atoms with Crippen molar-refractivity contribution in [2.24, 2.45) is 5.41 Å². The third kappa shape index (κ3) is 4.55. The molecule has 0 amide bonds. The molecule has 3 aliphatic rings. The number of fused-ring (bicyclic) bond motifs is 2. The monoisotopic (exact) mass is 524 g/mol. The van der Waals surface area contributed by atoms with Crippen LogP contribution in [-0.2, 0) is 19.4 Å². The average molecular weight is 525 g/mol. The van der Waals surface area contributed by atoms with Gasteiger partial charge in [0.15, 0.2) is 0 Å². The van der Waals surface area contributed by atoms with E-state index in [1.54, 1.807) is 6.07 Å². The van der Waals surface area contributed by atoms with Crippen molar-refractivity contribution in [3.63, 3.8) is 0 Å². The van der Waals surface area contributed by atoms with Gasteiger partial charge in [-0.05, 0) is 60.7 Å². The number of benzene rings is 1. The van der Waals surface area contributed by atoms with E-state index in [4.69, 9.17) is 5.73 Å². The molecule has 1 aromatic carbocycles. The second-order valence-electron chi connectivity index (χ2n) is 10.6. The zero-order valence-electron chi connectivity index (χ0n) is 20.5. The zero-order chi connectivity index (χ0) is 25.9. The van der Waals surface area contributed by atoms with Crippen LogP contribution in [0.2, 0.25) is 0 Å². The minimum atomic E-state index is -4.27.